The second kappa shape index (κ2) is 14.8. The Morgan fingerprint density at radius 2 is 1.38 bits per heavy atom. The number of halogens is 3. The summed E-state index contributed by atoms with van der Waals surface area (Å²) in [5, 5.41) is 3.43. The van der Waals surface area contributed by atoms with E-state index in [1.165, 1.54) is 35.2 Å². The molecule has 4 aromatic carbocycles. The monoisotopic (exact) mass is 729 g/mol. The average Bonchev–Trinajstić information content (AvgIpc) is 2.98. The summed E-state index contributed by atoms with van der Waals surface area (Å²) in [7, 11) is -4.27. The molecule has 0 fully saturated rings. The van der Waals surface area contributed by atoms with Gasteiger partial charge in [-0.15, -0.1) is 0 Å². The maximum Gasteiger partial charge on any atom is 0.264 e. The zero-order valence-electron chi connectivity index (χ0n) is 25.1. The van der Waals surface area contributed by atoms with Gasteiger partial charge in [-0.25, -0.2) is 8.42 Å². The Balaban J connectivity index is 1.83. The summed E-state index contributed by atoms with van der Waals surface area (Å²) in [5.41, 5.74) is 1.14. The van der Waals surface area contributed by atoms with Gasteiger partial charge in [0.05, 0.1) is 10.6 Å². The van der Waals surface area contributed by atoms with Gasteiger partial charge in [-0.1, -0.05) is 99.8 Å². The predicted molar refractivity (Wildman–Crippen MR) is 184 cm³/mol. The van der Waals surface area contributed by atoms with Crippen LogP contribution in [-0.4, -0.2) is 43.3 Å². The molecule has 45 heavy (non-hydrogen) atoms. The molecule has 0 unspecified atom stereocenters. The van der Waals surface area contributed by atoms with Gasteiger partial charge in [-0.05, 0) is 74.4 Å². The number of nitrogens with zero attached hydrogens (tertiary/aromatic N) is 2. The first kappa shape index (κ1) is 34.5. The van der Waals surface area contributed by atoms with E-state index in [1.807, 2.05) is 75.4 Å². The van der Waals surface area contributed by atoms with Gasteiger partial charge in [0.15, 0.2) is 0 Å². The molecule has 0 aliphatic rings. The normalized spacial score (nSPS) is 12.3. The Morgan fingerprint density at radius 1 is 0.822 bits per heavy atom. The summed E-state index contributed by atoms with van der Waals surface area (Å²) in [6.07, 6.45) is 0.208. The van der Waals surface area contributed by atoms with Crippen LogP contribution in [0.25, 0.3) is 0 Å². The second-order valence-electron chi connectivity index (χ2n) is 11.5. The third kappa shape index (κ3) is 9.56. The Bertz CT molecular complexity index is 1710. The van der Waals surface area contributed by atoms with Crippen LogP contribution in [0.15, 0.2) is 112 Å². The molecule has 1 N–H and O–H groups in total. The van der Waals surface area contributed by atoms with Crippen LogP contribution < -0.4 is 9.62 Å². The molecule has 1 atom stereocenters. The van der Waals surface area contributed by atoms with Crippen molar-refractivity contribution in [1.82, 2.24) is 10.2 Å². The number of anilines is 1. The molecule has 0 radical (unpaired) electrons. The van der Waals surface area contributed by atoms with E-state index in [0.717, 1.165) is 19.9 Å². The number of carbonyl (C=O) groups is 2. The summed E-state index contributed by atoms with van der Waals surface area (Å²) in [6.45, 7) is 5.03. The minimum Gasteiger partial charge on any atom is -0.350 e. The van der Waals surface area contributed by atoms with E-state index < -0.39 is 34.1 Å². The molecule has 4 aromatic rings. The number of benzene rings is 4. The average molecular weight is 732 g/mol. The molecular formula is C34H34BrCl2N3O4S. The molecule has 0 aliphatic heterocycles. The number of hydrogen-bond acceptors (Lipinski definition) is 4. The minimum absolute atomic E-state index is 0.0142. The Morgan fingerprint density at radius 3 is 1.93 bits per heavy atom. The van der Waals surface area contributed by atoms with Crippen molar-refractivity contribution in [3.63, 3.8) is 0 Å². The van der Waals surface area contributed by atoms with Gasteiger partial charge in [0.2, 0.25) is 11.8 Å². The van der Waals surface area contributed by atoms with Crippen molar-refractivity contribution in [2.24, 2.45) is 0 Å². The highest BCUT2D eigenvalue weighted by Crippen LogP contribution is 2.30. The van der Waals surface area contributed by atoms with Gasteiger partial charge in [0, 0.05) is 33.0 Å². The molecule has 0 heterocycles. The lowest BCUT2D eigenvalue weighted by molar-refractivity contribution is -0.140. The fourth-order valence-corrected chi connectivity index (χ4v) is 6.92. The lowest BCUT2D eigenvalue weighted by Gasteiger charge is -2.35. The Hall–Kier alpha value is -3.37. The third-order valence-corrected chi connectivity index (χ3v) is 9.53. The van der Waals surface area contributed by atoms with E-state index >= 15 is 0 Å². The van der Waals surface area contributed by atoms with E-state index in [0.29, 0.717) is 0 Å². The topological polar surface area (TPSA) is 86.8 Å². The van der Waals surface area contributed by atoms with Gasteiger partial charge in [0.1, 0.15) is 12.6 Å². The van der Waals surface area contributed by atoms with E-state index in [9.17, 15) is 18.0 Å². The molecule has 11 heteroatoms. The van der Waals surface area contributed by atoms with Gasteiger partial charge in [-0.2, -0.15) is 0 Å². The number of nitrogens with one attached hydrogen (secondary N) is 1. The van der Waals surface area contributed by atoms with Crippen molar-refractivity contribution in [3.05, 3.63) is 129 Å². The maximum absolute atomic E-state index is 14.5. The van der Waals surface area contributed by atoms with E-state index in [2.05, 4.69) is 21.2 Å². The zero-order chi connectivity index (χ0) is 32.8. The number of rotatable bonds is 11. The van der Waals surface area contributed by atoms with Crippen molar-refractivity contribution in [3.8, 4) is 0 Å². The largest absolute Gasteiger partial charge is 0.350 e. The first-order chi connectivity index (χ1) is 21.2. The van der Waals surface area contributed by atoms with Crippen LogP contribution in [0, 0.1) is 0 Å². The number of sulfonamides is 1. The number of amides is 2. The quantitative estimate of drug-likeness (QED) is 0.173. The van der Waals surface area contributed by atoms with Crippen LogP contribution in [0.2, 0.25) is 10.0 Å². The van der Waals surface area contributed by atoms with Gasteiger partial charge in [-0.3, -0.25) is 13.9 Å². The van der Waals surface area contributed by atoms with Gasteiger partial charge >= 0.3 is 0 Å². The molecule has 236 valence electrons. The SMILES string of the molecule is CC(C)(C)NC(=O)[C@@H](Cc1ccccc1)N(Cc1ccc(Br)cc1)C(=O)CN(c1cc(Cl)cc(Cl)c1)S(=O)(=O)c1ccccc1. The van der Waals surface area contributed by atoms with Crippen molar-refractivity contribution >= 4 is 66.7 Å². The Kier molecular flexibility index (Phi) is 11.4. The van der Waals surface area contributed by atoms with Crippen LogP contribution in [0.1, 0.15) is 31.9 Å². The standard InChI is InChI=1S/C34H34BrCl2N3O4S/c1-34(2,3)38-33(42)31(18-24-10-6-4-7-11-24)39(22-25-14-16-26(35)17-15-25)32(41)23-40(29-20-27(36)19-28(37)21-29)45(43,44)30-12-8-5-9-13-30/h4-17,19-21,31H,18,22-23H2,1-3H3,(H,38,42)/t31-/m1/s1. The highest BCUT2D eigenvalue weighted by atomic mass is 79.9. The van der Waals surface area contributed by atoms with Crippen LogP contribution in [0.3, 0.4) is 0 Å². The van der Waals surface area contributed by atoms with Crippen LogP contribution >= 0.6 is 39.1 Å². The summed E-state index contributed by atoms with van der Waals surface area (Å²) < 4.78 is 30.0. The fraction of sp³-hybridized carbons (Fsp3) is 0.235. The van der Waals surface area contributed by atoms with Crippen molar-refractivity contribution in [1.29, 1.82) is 0 Å². The number of hydrogen-bond donors (Lipinski definition) is 1. The van der Waals surface area contributed by atoms with E-state index in [-0.39, 0.29) is 39.5 Å². The summed E-state index contributed by atoms with van der Waals surface area (Å²) >= 11 is 16.0. The number of carbonyl (C=O) groups excluding carboxylic acids is 2. The van der Waals surface area contributed by atoms with E-state index in [1.54, 1.807) is 18.2 Å². The van der Waals surface area contributed by atoms with Crippen molar-refractivity contribution in [2.45, 2.75) is 50.2 Å². The minimum atomic E-state index is -4.27. The molecule has 0 saturated carbocycles. The lowest BCUT2D eigenvalue weighted by atomic mass is 10.0. The molecule has 0 bridgehead atoms. The molecule has 0 aromatic heterocycles. The predicted octanol–water partition coefficient (Wildman–Crippen LogP) is 7.51. The van der Waals surface area contributed by atoms with Crippen LogP contribution in [0.5, 0.6) is 0 Å². The first-order valence-corrected chi connectivity index (χ1v) is 17.2. The smallest absolute Gasteiger partial charge is 0.264 e. The molecular weight excluding hydrogens is 697 g/mol. The maximum atomic E-state index is 14.5. The molecule has 4 rings (SSSR count). The highest BCUT2D eigenvalue weighted by molar-refractivity contribution is 9.10. The van der Waals surface area contributed by atoms with E-state index in [4.69, 9.17) is 23.2 Å². The van der Waals surface area contributed by atoms with Gasteiger partial charge < -0.3 is 10.2 Å². The van der Waals surface area contributed by atoms with Crippen LogP contribution in [-0.2, 0) is 32.6 Å². The fourth-order valence-electron chi connectivity index (χ4n) is 4.73. The van der Waals surface area contributed by atoms with Crippen molar-refractivity contribution < 1.29 is 18.0 Å². The van der Waals surface area contributed by atoms with Crippen LogP contribution in [0.4, 0.5) is 5.69 Å². The molecule has 0 aliphatic carbocycles. The summed E-state index contributed by atoms with van der Waals surface area (Å²) in [6, 6.07) is 28.0. The second-order valence-corrected chi connectivity index (χ2v) is 15.2. The highest BCUT2D eigenvalue weighted by Gasteiger charge is 2.35. The lowest BCUT2D eigenvalue weighted by Crippen LogP contribution is -2.56. The first-order valence-electron chi connectivity index (χ1n) is 14.2. The van der Waals surface area contributed by atoms with Gasteiger partial charge in [0.25, 0.3) is 10.0 Å². The molecule has 7 nitrogen and oxygen atoms in total. The molecule has 2 amide bonds. The summed E-state index contributed by atoms with van der Waals surface area (Å²) in [4.78, 5) is 29.9. The third-order valence-electron chi connectivity index (χ3n) is 6.78. The zero-order valence-corrected chi connectivity index (χ0v) is 29.0. The molecule has 0 saturated heterocycles. The molecule has 0 spiro atoms. The Labute approximate surface area is 283 Å². The van der Waals surface area contributed by atoms with Crippen molar-refractivity contribution in [2.75, 3.05) is 10.8 Å². The summed E-state index contributed by atoms with van der Waals surface area (Å²) in [5.74, 6) is -0.946.